The van der Waals surface area contributed by atoms with Crippen molar-refractivity contribution in [3.05, 3.63) is 53.6 Å². The molecule has 0 radical (unpaired) electrons. The molecule has 3 rings (SSSR count). The molecule has 1 heterocycles. The Morgan fingerprint density at radius 1 is 1.09 bits per heavy atom. The zero-order valence-electron chi connectivity index (χ0n) is 12.5. The topological polar surface area (TPSA) is 58.6 Å². The summed E-state index contributed by atoms with van der Waals surface area (Å²) in [6, 6.07) is 13.3. The summed E-state index contributed by atoms with van der Waals surface area (Å²) in [6.45, 7) is 0. The number of rotatable bonds is 4. The molecule has 6 heteroatoms. The van der Waals surface area contributed by atoms with Crippen LogP contribution in [0.25, 0.3) is 0 Å². The maximum absolute atomic E-state index is 12.5. The predicted molar refractivity (Wildman–Crippen MR) is 89.0 cm³/mol. The summed E-state index contributed by atoms with van der Waals surface area (Å²) in [5.41, 5.74) is 1.29. The predicted octanol–water partition coefficient (Wildman–Crippen LogP) is 3.09. The number of anilines is 2. The molecular formula is C17H15ClN2O3. The van der Waals surface area contributed by atoms with E-state index >= 15 is 0 Å². The number of nitrogens with zero attached hydrogens (tertiary/aromatic N) is 1. The van der Waals surface area contributed by atoms with E-state index in [-0.39, 0.29) is 18.2 Å². The Morgan fingerprint density at radius 2 is 1.74 bits per heavy atom. The third-order valence-corrected chi connectivity index (χ3v) is 3.91. The number of benzene rings is 2. The Labute approximate surface area is 138 Å². The van der Waals surface area contributed by atoms with Crippen LogP contribution in [0, 0.1) is 0 Å². The minimum absolute atomic E-state index is 0.119. The molecule has 2 amide bonds. The molecular weight excluding hydrogens is 316 g/mol. The Morgan fingerprint density at radius 3 is 2.35 bits per heavy atom. The Kier molecular flexibility index (Phi) is 4.21. The van der Waals surface area contributed by atoms with E-state index in [0.29, 0.717) is 16.5 Å². The standard InChI is InChI=1S/C17H15ClN2O3/c1-23-14-8-6-13(7-9-14)20-16(21)10-15(17(20)22)19-12-4-2-11(18)3-5-12/h2-9,15,19H,10H2,1H3/t15-/m1/s1. The number of amides is 2. The minimum Gasteiger partial charge on any atom is -0.497 e. The van der Waals surface area contributed by atoms with Crippen LogP contribution < -0.4 is 15.0 Å². The molecule has 0 unspecified atom stereocenters. The number of halogens is 1. The van der Waals surface area contributed by atoms with Crippen LogP contribution in [-0.4, -0.2) is 25.0 Å². The second kappa shape index (κ2) is 6.30. The van der Waals surface area contributed by atoms with Gasteiger partial charge in [-0.25, -0.2) is 4.90 Å². The highest BCUT2D eigenvalue weighted by Gasteiger charge is 2.39. The second-order valence-electron chi connectivity index (χ2n) is 5.17. The fourth-order valence-corrected chi connectivity index (χ4v) is 2.62. The van der Waals surface area contributed by atoms with Gasteiger partial charge in [-0.2, -0.15) is 0 Å². The summed E-state index contributed by atoms with van der Waals surface area (Å²) >= 11 is 5.84. The van der Waals surface area contributed by atoms with Crippen LogP contribution in [-0.2, 0) is 9.59 Å². The van der Waals surface area contributed by atoms with Gasteiger partial charge in [0.25, 0.3) is 5.91 Å². The van der Waals surface area contributed by atoms with Crippen molar-refractivity contribution < 1.29 is 14.3 Å². The van der Waals surface area contributed by atoms with Gasteiger partial charge in [0.2, 0.25) is 5.91 Å². The average molecular weight is 331 g/mol. The van der Waals surface area contributed by atoms with Crippen molar-refractivity contribution in [1.82, 2.24) is 0 Å². The summed E-state index contributed by atoms with van der Waals surface area (Å²) in [6.07, 6.45) is 0.119. The fourth-order valence-electron chi connectivity index (χ4n) is 2.49. The maximum atomic E-state index is 12.5. The third-order valence-electron chi connectivity index (χ3n) is 3.66. The van der Waals surface area contributed by atoms with Gasteiger partial charge in [0.15, 0.2) is 0 Å². The van der Waals surface area contributed by atoms with Gasteiger partial charge < -0.3 is 10.1 Å². The monoisotopic (exact) mass is 330 g/mol. The highest BCUT2D eigenvalue weighted by atomic mass is 35.5. The SMILES string of the molecule is COc1ccc(N2C(=O)C[C@@H](Nc3ccc(Cl)cc3)C2=O)cc1. The highest BCUT2D eigenvalue weighted by Crippen LogP contribution is 2.27. The van der Waals surface area contributed by atoms with Gasteiger partial charge in [0.1, 0.15) is 11.8 Å². The van der Waals surface area contributed by atoms with E-state index < -0.39 is 6.04 Å². The van der Waals surface area contributed by atoms with Crippen LogP contribution in [0.5, 0.6) is 5.75 Å². The molecule has 0 bridgehead atoms. The summed E-state index contributed by atoms with van der Waals surface area (Å²) in [5.74, 6) is 0.172. The first kappa shape index (κ1) is 15.4. The Balaban J connectivity index is 1.77. The van der Waals surface area contributed by atoms with Gasteiger partial charge in [-0.1, -0.05) is 11.6 Å². The summed E-state index contributed by atoms with van der Waals surface area (Å²) in [4.78, 5) is 25.9. The first-order valence-electron chi connectivity index (χ1n) is 7.11. The molecule has 1 N–H and O–H groups in total. The average Bonchev–Trinajstić information content (AvgIpc) is 2.84. The smallest absolute Gasteiger partial charge is 0.256 e. The lowest BCUT2D eigenvalue weighted by Gasteiger charge is -2.16. The maximum Gasteiger partial charge on any atom is 0.256 e. The van der Waals surface area contributed by atoms with Crippen molar-refractivity contribution in [3.8, 4) is 5.75 Å². The van der Waals surface area contributed by atoms with Crippen LogP contribution in [0.4, 0.5) is 11.4 Å². The summed E-state index contributed by atoms with van der Waals surface area (Å²) in [7, 11) is 1.56. The quantitative estimate of drug-likeness (QED) is 0.875. The lowest BCUT2D eigenvalue weighted by molar-refractivity contribution is -0.121. The molecule has 1 fully saturated rings. The van der Waals surface area contributed by atoms with Gasteiger partial charge in [0.05, 0.1) is 19.2 Å². The van der Waals surface area contributed by atoms with Crippen LogP contribution in [0.1, 0.15) is 6.42 Å². The highest BCUT2D eigenvalue weighted by molar-refractivity contribution is 6.30. The van der Waals surface area contributed by atoms with Crippen LogP contribution >= 0.6 is 11.6 Å². The summed E-state index contributed by atoms with van der Waals surface area (Å²) in [5, 5.41) is 3.69. The molecule has 118 valence electrons. The third kappa shape index (κ3) is 3.14. The van der Waals surface area contributed by atoms with E-state index in [1.165, 1.54) is 4.90 Å². The van der Waals surface area contributed by atoms with E-state index in [0.717, 1.165) is 5.69 Å². The molecule has 0 saturated carbocycles. The van der Waals surface area contributed by atoms with E-state index in [2.05, 4.69) is 5.32 Å². The van der Waals surface area contributed by atoms with E-state index in [1.807, 2.05) is 0 Å². The van der Waals surface area contributed by atoms with E-state index in [9.17, 15) is 9.59 Å². The number of nitrogens with one attached hydrogen (secondary N) is 1. The number of imide groups is 1. The largest absolute Gasteiger partial charge is 0.497 e. The number of carbonyl (C=O) groups excluding carboxylic acids is 2. The molecule has 23 heavy (non-hydrogen) atoms. The van der Waals surface area contributed by atoms with Crippen LogP contribution in [0.2, 0.25) is 5.02 Å². The van der Waals surface area contributed by atoms with Crippen LogP contribution in [0.15, 0.2) is 48.5 Å². The van der Waals surface area contributed by atoms with Crippen molar-refractivity contribution in [3.63, 3.8) is 0 Å². The van der Waals surface area contributed by atoms with Crippen molar-refractivity contribution in [2.75, 3.05) is 17.3 Å². The number of hydrogen-bond acceptors (Lipinski definition) is 4. The zero-order valence-corrected chi connectivity index (χ0v) is 13.2. The summed E-state index contributed by atoms with van der Waals surface area (Å²) < 4.78 is 5.08. The van der Waals surface area contributed by atoms with Crippen molar-refractivity contribution in [2.45, 2.75) is 12.5 Å². The van der Waals surface area contributed by atoms with Crippen molar-refractivity contribution >= 4 is 34.8 Å². The fraction of sp³-hybridized carbons (Fsp3) is 0.176. The Bertz CT molecular complexity index is 729. The van der Waals surface area contributed by atoms with Crippen molar-refractivity contribution in [1.29, 1.82) is 0 Å². The normalized spacial score (nSPS) is 17.5. The molecule has 0 aliphatic carbocycles. The molecule has 2 aromatic carbocycles. The molecule has 1 aliphatic heterocycles. The number of carbonyl (C=O) groups is 2. The molecule has 1 aliphatic rings. The van der Waals surface area contributed by atoms with E-state index in [1.54, 1.807) is 55.6 Å². The molecule has 2 aromatic rings. The number of hydrogen-bond donors (Lipinski definition) is 1. The first-order valence-corrected chi connectivity index (χ1v) is 7.49. The molecule has 1 saturated heterocycles. The van der Waals surface area contributed by atoms with Crippen molar-refractivity contribution in [2.24, 2.45) is 0 Å². The van der Waals surface area contributed by atoms with Crippen LogP contribution in [0.3, 0.4) is 0 Å². The first-order chi connectivity index (χ1) is 11.1. The molecule has 0 aromatic heterocycles. The van der Waals surface area contributed by atoms with Gasteiger partial charge in [-0.3, -0.25) is 9.59 Å². The van der Waals surface area contributed by atoms with Gasteiger partial charge in [0, 0.05) is 10.7 Å². The lowest BCUT2D eigenvalue weighted by atomic mass is 10.2. The van der Waals surface area contributed by atoms with E-state index in [4.69, 9.17) is 16.3 Å². The van der Waals surface area contributed by atoms with Gasteiger partial charge in [-0.15, -0.1) is 0 Å². The molecule has 1 atom stereocenters. The molecule has 5 nitrogen and oxygen atoms in total. The lowest BCUT2D eigenvalue weighted by Crippen LogP contribution is -2.34. The minimum atomic E-state index is -0.578. The van der Waals surface area contributed by atoms with Gasteiger partial charge >= 0.3 is 0 Å². The van der Waals surface area contributed by atoms with Gasteiger partial charge in [-0.05, 0) is 48.5 Å². The zero-order chi connectivity index (χ0) is 16.4. The Hall–Kier alpha value is -2.53. The number of methoxy groups -OCH3 is 1. The second-order valence-corrected chi connectivity index (χ2v) is 5.61. The number of ether oxygens (including phenoxy) is 1. The molecule has 0 spiro atoms.